The van der Waals surface area contributed by atoms with Crippen molar-refractivity contribution in [2.45, 2.75) is 39.0 Å². The highest BCUT2D eigenvalue weighted by Crippen LogP contribution is 2.28. The van der Waals surface area contributed by atoms with E-state index in [1.807, 2.05) is 44.2 Å². The van der Waals surface area contributed by atoms with E-state index >= 15 is 0 Å². The number of aliphatic hydroxyl groups is 1. The SMILES string of the molecule is Cc1ccccc1[C@@H](NCc1ccccc1)C(C)(C)O. The Bertz CT molecular complexity index is 543. The van der Waals surface area contributed by atoms with Crippen LogP contribution >= 0.6 is 0 Å². The fourth-order valence-corrected chi connectivity index (χ4v) is 2.47. The fraction of sp³-hybridized carbons (Fsp3) is 0.333. The lowest BCUT2D eigenvalue weighted by Gasteiger charge is -2.32. The molecule has 0 saturated carbocycles. The average Bonchev–Trinajstić information content (AvgIpc) is 2.41. The molecule has 2 aromatic rings. The fourth-order valence-electron chi connectivity index (χ4n) is 2.47. The summed E-state index contributed by atoms with van der Waals surface area (Å²) in [5.74, 6) is 0. The van der Waals surface area contributed by atoms with E-state index in [0.29, 0.717) is 0 Å². The van der Waals surface area contributed by atoms with Crippen LogP contribution in [-0.4, -0.2) is 10.7 Å². The van der Waals surface area contributed by atoms with Gasteiger partial charge in [0.05, 0.1) is 11.6 Å². The summed E-state index contributed by atoms with van der Waals surface area (Å²) in [6.45, 7) is 6.52. The van der Waals surface area contributed by atoms with Gasteiger partial charge in [-0.2, -0.15) is 0 Å². The third-order valence-electron chi connectivity index (χ3n) is 3.56. The molecule has 0 aliphatic heterocycles. The van der Waals surface area contributed by atoms with Crippen LogP contribution in [0.2, 0.25) is 0 Å². The highest BCUT2D eigenvalue weighted by Gasteiger charge is 2.28. The van der Waals surface area contributed by atoms with Crippen molar-refractivity contribution in [1.29, 1.82) is 0 Å². The van der Waals surface area contributed by atoms with Crippen LogP contribution in [0, 0.1) is 6.92 Å². The second-order valence-corrected chi connectivity index (χ2v) is 5.81. The summed E-state index contributed by atoms with van der Waals surface area (Å²) in [5.41, 5.74) is 2.74. The molecule has 2 nitrogen and oxygen atoms in total. The quantitative estimate of drug-likeness (QED) is 0.869. The van der Waals surface area contributed by atoms with Crippen molar-refractivity contribution in [2.75, 3.05) is 0 Å². The molecule has 0 aromatic heterocycles. The Labute approximate surface area is 121 Å². The van der Waals surface area contributed by atoms with E-state index in [1.54, 1.807) is 0 Å². The zero-order valence-corrected chi connectivity index (χ0v) is 12.4. The molecule has 1 atom stereocenters. The van der Waals surface area contributed by atoms with Crippen molar-refractivity contribution in [2.24, 2.45) is 0 Å². The number of hydrogen-bond donors (Lipinski definition) is 2. The maximum atomic E-state index is 10.5. The largest absolute Gasteiger partial charge is 0.388 e. The third-order valence-corrected chi connectivity index (χ3v) is 3.56. The molecule has 106 valence electrons. The van der Waals surface area contributed by atoms with E-state index in [2.05, 4.69) is 36.5 Å². The number of nitrogens with one attached hydrogen (secondary N) is 1. The van der Waals surface area contributed by atoms with Gasteiger partial charge >= 0.3 is 0 Å². The molecule has 0 aliphatic rings. The third kappa shape index (κ3) is 3.69. The lowest BCUT2D eigenvalue weighted by atomic mass is 9.89. The van der Waals surface area contributed by atoms with E-state index in [1.165, 1.54) is 11.1 Å². The van der Waals surface area contributed by atoms with Crippen LogP contribution in [-0.2, 0) is 6.54 Å². The van der Waals surface area contributed by atoms with Crippen LogP contribution in [0.25, 0.3) is 0 Å². The molecule has 0 bridgehead atoms. The first-order valence-electron chi connectivity index (χ1n) is 7.03. The zero-order valence-electron chi connectivity index (χ0n) is 12.4. The minimum atomic E-state index is -0.819. The second kappa shape index (κ2) is 6.21. The van der Waals surface area contributed by atoms with Gasteiger partial charge < -0.3 is 10.4 Å². The van der Waals surface area contributed by atoms with Gasteiger partial charge in [0.2, 0.25) is 0 Å². The monoisotopic (exact) mass is 269 g/mol. The van der Waals surface area contributed by atoms with Crippen molar-refractivity contribution in [3.8, 4) is 0 Å². The van der Waals surface area contributed by atoms with Crippen molar-refractivity contribution in [3.05, 3.63) is 71.3 Å². The molecular weight excluding hydrogens is 246 g/mol. The zero-order chi connectivity index (χ0) is 14.6. The van der Waals surface area contributed by atoms with Gasteiger partial charge in [-0.05, 0) is 37.5 Å². The molecule has 0 radical (unpaired) electrons. The molecule has 0 unspecified atom stereocenters. The first-order chi connectivity index (χ1) is 9.48. The maximum Gasteiger partial charge on any atom is 0.0785 e. The Balaban J connectivity index is 2.20. The minimum absolute atomic E-state index is 0.0936. The molecule has 2 N–H and O–H groups in total. The van der Waals surface area contributed by atoms with Crippen LogP contribution in [0.4, 0.5) is 0 Å². The van der Waals surface area contributed by atoms with Gasteiger partial charge in [-0.1, -0.05) is 54.6 Å². The summed E-state index contributed by atoms with van der Waals surface area (Å²) in [6.07, 6.45) is 0. The first kappa shape index (κ1) is 14.8. The van der Waals surface area contributed by atoms with Crippen molar-refractivity contribution < 1.29 is 5.11 Å². The summed E-state index contributed by atoms with van der Waals surface area (Å²) in [5, 5.41) is 14.0. The highest BCUT2D eigenvalue weighted by molar-refractivity contribution is 5.30. The van der Waals surface area contributed by atoms with Gasteiger partial charge in [-0.3, -0.25) is 0 Å². The van der Waals surface area contributed by atoms with Gasteiger partial charge in [0.1, 0.15) is 0 Å². The van der Waals surface area contributed by atoms with Gasteiger partial charge in [-0.15, -0.1) is 0 Å². The van der Waals surface area contributed by atoms with E-state index < -0.39 is 5.60 Å². The standard InChI is InChI=1S/C18H23NO/c1-14-9-7-8-12-16(14)17(18(2,3)20)19-13-15-10-5-4-6-11-15/h4-12,17,19-20H,13H2,1-3H3/t17-/m1/s1. The first-order valence-corrected chi connectivity index (χ1v) is 7.03. The Kier molecular flexibility index (Phi) is 4.58. The molecule has 2 heteroatoms. The van der Waals surface area contributed by atoms with E-state index in [-0.39, 0.29) is 6.04 Å². The molecule has 0 amide bonds. The minimum Gasteiger partial charge on any atom is -0.388 e. The smallest absolute Gasteiger partial charge is 0.0785 e. The lowest BCUT2D eigenvalue weighted by molar-refractivity contribution is 0.0361. The molecule has 20 heavy (non-hydrogen) atoms. The Morgan fingerprint density at radius 1 is 1.00 bits per heavy atom. The van der Waals surface area contributed by atoms with Crippen molar-refractivity contribution in [1.82, 2.24) is 5.32 Å². The molecule has 0 aliphatic carbocycles. The van der Waals surface area contributed by atoms with Crippen LogP contribution < -0.4 is 5.32 Å². The summed E-state index contributed by atoms with van der Waals surface area (Å²) in [6, 6.07) is 18.4. The molecule has 0 spiro atoms. The predicted molar refractivity (Wildman–Crippen MR) is 83.5 cm³/mol. The molecule has 0 fully saturated rings. The predicted octanol–water partition coefficient (Wildman–Crippen LogP) is 3.60. The van der Waals surface area contributed by atoms with Crippen molar-refractivity contribution >= 4 is 0 Å². The van der Waals surface area contributed by atoms with Gasteiger partial charge in [-0.25, -0.2) is 0 Å². The molecule has 2 aromatic carbocycles. The summed E-state index contributed by atoms with van der Waals surface area (Å²) >= 11 is 0. The lowest BCUT2D eigenvalue weighted by Crippen LogP contribution is -2.39. The number of benzene rings is 2. The number of rotatable bonds is 5. The second-order valence-electron chi connectivity index (χ2n) is 5.81. The van der Waals surface area contributed by atoms with Crippen LogP contribution in [0.5, 0.6) is 0 Å². The summed E-state index contributed by atoms with van der Waals surface area (Å²) in [7, 11) is 0. The average molecular weight is 269 g/mol. The van der Waals surface area contributed by atoms with Crippen LogP contribution in [0.3, 0.4) is 0 Å². The highest BCUT2D eigenvalue weighted by atomic mass is 16.3. The topological polar surface area (TPSA) is 32.3 Å². The summed E-state index contributed by atoms with van der Waals surface area (Å²) < 4.78 is 0. The van der Waals surface area contributed by atoms with E-state index in [0.717, 1.165) is 12.1 Å². The number of hydrogen-bond acceptors (Lipinski definition) is 2. The van der Waals surface area contributed by atoms with Gasteiger partial charge in [0, 0.05) is 6.54 Å². The van der Waals surface area contributed by atoms with Crippen molar-refractivity contribution in [3.63, 3.8) is 0 Å². The molecule has 0 heterocycles. The molecular formula is C18H23NO. The Hall–Kier alpha value is -1.64. The van der Waals surface area contributed by atoms with Gasteiger partial charge in [0.25, 0.3) is 0 Å². The van der Waals surface area contributed by atoms with Crippen LogP contribution in [0.15, 0.2) is 54.6 Å². The van der Waals surface area contributed by atoms with Gasteiger partial charge in [0.15, 0.2) is 0 Å². The normalized spacial score (nSPS) is 13.2. The Morgan fingerprint density at radius 3 is 2.20 bits per heavy atom. The maximum absolute atomic E-state index is 10.5. The molecule has 2 rings (SSSR count). The van der Waals surface area contributed by atoms with Crippen LogP contribution in [0.1, 0.15) is 36.6 Å². The molecule has 0 saturated heterocycles. The summed E-state index contributed by atoms with van der Waals surface area (Å²) in [4.78, 5) is 0. The Morgan fingerprint density at radius 2 is 1.60 bits per heavy atom. The van der Waals surface area contributed by atoms with E-state index in [4.69, 9.17) is 0 Å². The number of aryl methyl sites for hydroxylation is 1. The van der Waals surface area contributed by atoms with E-state index in [9.17, 15) is 5.11 Å².